The van der Waals surface area contributed by atoms with Gasteiger partial charge in [0.2, 0.25) is 11.8 Å². The van der Waals surface area contributed by atoms with Crippen LogP contribution in [-0.2, 0) is 16.0 Å². The van der Waals surface area contributed by atoms with Crippen molar-refractivity contribution in [1.29, 1.82) is 0 Å². The molecule has 1 aromatic heterocycles. The van der Waals surface area contributed by atoms with Crippen LogP contribution >= 0.6 is 11.3 Å². The van der Waals surface area contributed by atoms with Gasteiger partial charge in [-0.1, -0.05) is 0 Å². The Morgan fingerprint density at radius 1 is 1.37 bits per heavy atom. The molecule has 0 aromatic carbocycles. The molecule has 4 nitrogen and oxygen atoms in total. The molecule has 1 saturated heterocycles. The van der Waals surface area contributed by atoms with Crippen LogP contribution in [0.1, 0.15) is 43.2 Å². The Bertz CT molecular complexity index is 525. The van der Waals surface area contributed by atoms with Crippen molar-refractivity contribution in [3.8, 4) is 0 Å². The van der Waals surface area contributed by atoms with Gasteiger partial charge in [0.25, 0.3) is 0 Å². The number of nitrogens with one attached hydrogen (secondary N) is 1. The summed E-state index contributed by atoms with van der Waals surface area (Å²) in [5.74, 6) is -0.00870. The van der Waals surface area contributed by atoms with Crippen LogP contribution in [0.25, 0.3) is 0 Å². The number of aryl methyl sites for hydroxylation is 1. The van der Waals surface area contributed by atoms with E-state index in [-0.39, 0.29) is 23.9 Å². The van der Waals surface area contributed by atoms with E-state index in [4.69, 9.17) is 0 Å². The third kappa shape index (κ3) is 1.96. The maximum absolute atomic E-state index is 12.4. The van der Waals surface area contributed by atoms with Crippen LogP contribution in [0, 0.1) is 0 Å². The molecule has 3 rings (SSSR count). The highest BCUT2D eigenvalue weighted by molar-refractivity contribution is 7.10. The zero-order valence-corrected chi connectivity index (χ0v) is 12.0. The van der Waals surface area contributed by atoms with Crippen molar-refractivity contribution in [1.82, 2.24) is 10.2 Å². The Balaban J connectivity index is 1.97. The lowest BCUT2D eigenvalue weighted by Gasteiger charge is -2.42. The molecular formula is C14H18N2O2S. The number of thiophene rings is 1. The molecule has 1 aromatic rings. The van der Waals surface area contributed by atoms with Crippen molar-refractivity contribution < 1.29 is 9.59 Å². The van der Waals surface area contributed by atoms with Gasteiger partial charge in [-0.05, 0) is 50.1 Å². The molecule has 3 unspecified atom stereocenters. The van der Waals surface area contributed by atoms with E-state index in [0.29, 0.717) is 0 Å². The van der Waals surface area contributed by atoms with E-state index < -0.39 is 6.04 Å². The van der Waals surface area contributed by atoms with Crippen molar-refractivity contribution in [3.63, 3.8) is 0 Å². The fraction of sp³-hybridized carbons (Fsp3) is 0.571. The topological polar surface area (TPSA) is 49.4 Å². The first kappa shape index (κ1) is 12.7. The predicted octanol–water partition coefficient (Wildman–Crippen LogP) is 1.86. The fourth-order valence-electron chi connectivity index (χ4n) is 3.11. The Labute approximate surface area is 116 Å². The monoisotopic (exact) mass is 278 g/mol. The fourth-order valence-corrected chi connectivity index (χ4v) is 4.09. The normalized spacial score (nSPS) is 31.1. The Morgan fingerprint density at radius 2 is 2.16 bits per heavy atom. The molecule has 19 heavy (non-hydrogen) atoms. The summed E-state index contributed by atoms with van der Waals surface area (Å²) in [4.78, 5) is 27.5. The van der Waals surface area contributed by atoms with Gasteiger partial charge in [0.05, 0.1) is 6.04 Å². The minimum absolute atomic E-state index is 0.0381. The molecular weight excluding hydrogens is 260 g/mol. The lowest BCUT2D eigenvalue weighted by molar-refractivity contribution is -0.151. The van der Waals surface area contributed by atoms with E-state index in [1.165, 1.54) is 10.4 Å². The van der Waals surface area contributed by atoms with Gasteiger partial charge < -0.3 is 10.2 Å². The maximum atomic E-state index is 12.4. The summed E-state index contributed by atoms with van der Waals surface area (Å²) < 4.78 is 0. The largest absolute Gasteiger partial charge is 0.343 e. The number of fused-ring (bicyclic) bond motifs is 1. The third-order valence-corrected chi connectivity index (χ3v) is 5.13. The number of amides is 2. The second-order valence-electron chi connectivity index (χ2n) is 5.36. The van der Waals surface area contributed by atoms with Gasteiger partial charge in [0.15, 0.2) is 0 Å². The molecule has 2 aliphatic rings. The molecule has 2 amide bonds. The Morgan fingerprint density at radius 3 is 2.95 bits per heavy atom. The highest BCUT2D eigenvalue weighted by atomic mass is 32.1. The summed E-state index contributed by atoms with van der Waals surface area (Å²) in [5.41, 5.74) is 1.25. The SMILES string of the molecule is CC1NC(=O)C(C)N(C2CCCc3sccc32)C1=O. The second-order valence-corrected chi connectivity index (χ2v) is 6.36. The maximum Gasteiger partial charge on any atom is 0.246 e. The first-order chi connectivity index (χ1) is 9.09. The minimum atomic E-state index is -0.410. The van der Waals surface area contributed by atoms with Crippen molar-refractivity contribution >= 4 is 23.2 Å². The average Bonchev–Trinajstić information content (AvgIpc) is 2.86. The van der Waals surface area contributed by atoms with E-state index >= 15 is 0 Å². The van der Waals surface area contributed by atoms with Gasteiger partial charge in [-0.3, -0.25) is 9.59 Å². The smallest absolute Gasteiger partial charge is 0.246 e. The number of carbonyl (C=O) groups is 2. The number of carbonyl (C=O) groups excluding carboxylic acids is 2. The van der Waals surface area contributed by atoms with E-state index in [9.17, 15) is 9.59 Å². The van der Waals surface area contributed by atoms with E-state index in [2.05, 4.69) is 16.8 Å². The lowest BCUT2D eigenvalue weighted by atomic mass is 9.90. The molecule has 1 aliphatic carbocycles. The Hall–Kier alpha value is -1.36. The molecule has 1 fully saturated rings. The predicted molar refractivity (Wildman–Crippen MR) is 73.9 cm³/mol. The summed E-state index contributed by atoms with van der Waals surface area (Å²) >= 11 is 1.76. The average molecular weight is 278 g/mol. The first-order valence-corrected chi connectivity index (χ1v) is 7.66. The van der Waals surface area contributed by atoms with Crippen LogP contribution in [0.4, 0.5) is 0 Å². The van der Waals surface area contributed by atoms with Crippen molar-refractivity contribution in [2.45, 2.75) is 51.2 Å². The molecule has 0 saturated carbocycles. The zero-order valence-electron chi connectivity index (χ0n) is 11.2. The van der Waals surface area contributed by atoms with E-state index in [0.717, 1.165) is 19.3 Å². The van der Waals surface area contributed by atoms with Gasteiger partial charge >= 0.3 is 0 Å². The van der Waals surface area contributed by atoms with Gasteiger partial charge in [-0.25, -0.2) is 0 Å². The number of hydrogen-bond donors (Lipinski definition) is 1. The molecule has 1 aliphatic heterocycles. The number of hydrogen-bond acceptors (Lipinski definition) is 3. The summed E-state index contributed by atoms with van der Waals surface area (Å²) in [5, 5.41) is 4.83. The van der Waals surface area contributed by atoms with Crippen LogP contribution in [-0.4, -0.2) is 28.8 Å². The van der Waals surface area contributed by atoms with Crippen LogP contribution in [0.2, 0.25) is 0 Å². The molecule has 2 heterocycles. The lowest BCUT2D eigenvalue weighted by Crippen LogP contribution is -2.62. The van der Waals surface area contributed by atoms with Crippen LogP contribution in [0.15, 0.2) is 11.4 Å². The van der Waals surface area contributed by atoms with Crippen LogP contribution in [0.3, 0.4) is 0 Å². The summed E-state index contributed by atoms with van der Waals surface area (Å²) in [6.45, 7) is 3.58. The Kier molecular flexibility index (Phi) is 3.09. The van der Waals surface area contributed by atoms with Gasteiger partial charge in [-0.2, -0.15) is 0 Å². The molecule has 1 N–H and O–H groups in total. The number of rotatable bonds is 1. The van der Waals surface area contributed by atoms with Gasteiger partial charge in [0.1, 0.15) is 12.1 Å². The highest BCUT2D eigenvalue weighted by Gasteiger charge is 2.41. The second kappa shape index (κ2) is 4.63. The van der Waals surface area contributed by atoms with Gasteiger partial charge in [-0.15, -0.1) is 11.3 Å². The van der Waals surface area contributed by atoms with Crippen molar-refractivity contribution in [3.05, 3.63) is 21.9 Å². The summed E-state index contributed by atoms with van der Waals surface area (Å²) in [6.07, 6.45) is 3.14. The number of nitrogens with zero attached hydrogens (tertiary/aromatic N) is 1. The van der Waals surface area contributed by atoms with Crippen molar-refractivity contribution in [2.75, 3.05) is 0 Å². The quantitative estimate of drug-likeness (QED) is 0.852. The first-order valence-electron chi connectivity index (χ1n) is 6.78. The molecule has 0 bridgehead atoms. The molecule has 102 valence electrons. The minimum Gasteiger partial charge on any atom is -0.343 e. The molecule has 0 spiro atoms. The summed E-state index contributed by atoms with van der Waals surface area (Å²) in [6, 6.07) is 1.40. The third-order valence-electron chi connectivity index (χ3n) is 4.14. The van der Waals surface area contributed by atoms with Crippen molar-refractivity contribution in [2.24, 2.45) is 0 Å². The number of piperazine rings is 1. The van der Waals surface area contributed by atoms with E-state index in [1.807, 2.05) is 6.92 Å². The summed E-state index contributed by atoms with van der Waals surface area (Å²) in [7, 11) is 0. The van der Waals surface area contributed by atoms with E-state index in [1.54, 1.807) is 23.2 Å². The van der Waals surface area contributed by atoms with Crippen LogP contribution < -0.4 is 5.32 Å². The zero-order chi connectivity index (χ0) is 13.6. The van der Waals surface area contributed by atoms with Crippen LogP contribution in [0.5, 0.6) is 0 Å². The standard InChI is InChI=1S/C14H18N2O2S/c1-8-14(18)16(9(2)13(17)15-8)11-4-3-5-12-10(11)6-7-19-12/h6-9,11H,3-5H2,1-2H3,(H,15,17). The molecule has 5 heteroatoms. The molecule has 0 radical (unpaired) electrons. The molecule has 3 atom stereocenters. The highest BCUT2D eigenvalue weighted by Crippen LogP contribution is 2.39. The van der Waals surface area contributed by atoms with Gasteiger partial charge in [0, 0.05) is 4.88 Å².